The first-order chi connectivity index (χ1) is 7.40. The Morgan fingerprint density at radius 2 is 2.31 bits per heavy atom. The van der Waals surface area contributed by atoms with E-state index in [-0.39, 0.29) is 18.0 Å². The van der Waals surface area contributed by atoms with Gasteiger partial charge in [0.2, 0.25) is 0 Å². The van der Waals surface area contributed by atoms with Gasteiger partial charge in [0.25, 0.3) is 0 Å². The largest absolute Gasteiger partial charge is 0.501 e. The van der Waals surface area contributed by atoms with Gasteiger partial charge in [0.15, 0.2) is 5.78 Å². The molecule has 0 aromatic rings. The zero-order valence-electron chi connectivity index (χ0n) is 9.31. The van der Waals surface area contributed by atoms with E-state index in [1.165, 1.54) is 6.26 Å². The Morgan fingerprint density at radius 1 is 1.62 bits per heavy atom. The van der Waals surface area contributed by atoms with Crippen molar-refractivity contribution in [3.05, 3.63) is 11.8 Å². The van der Waals surface area contributed by atoms with Crippen LogP contribution in [0.4, 0.5) is 0 Å². The zero-order valence-corrected chi connectivity index (χ0v) is 10.1. The molecule has 0 radical (unpaired) electrons. The van der Waals surface area contributed by atoms with Crippen molar-refractivity contribution >= 4 is 15.6 Å². The van der Waals surface area contributed by atoms with Gasteiger partial charge in [-0.3, -0.25) is 4.79 Å². The molecule has 0 spiro atoms. The smallest absolute Gasteiger partial charge is 0.178 e. The summed E-state index contributed by atoms with van der Waals surface area (Å²) in [6, 6.07) is -0.748. The highest BCUT2D eigenvalue weighted by Gasteiger charge is 2.21. The summed E-state index contributed by atoms with van der Waals surface area (Å²) in [5.41, 5.74) is 6.21. The van der Waals surface area contributed by atoms with E-state index in [2.05, 4.69) is 0 Å². The number of ketones is 1. The predicted molar refractivity (Wildman–Crippen MR) is 60.6 cm³/mol. The van der Waals surface area contributed by atoms with E-state index in [0.29, 0.717) is 18.6 Å². The lowest BCUT2D eigenvalue weighted by Crippen LogP contribution is -2.34. The molecule has 1 rings (SSSR count). The Labute approximate surface area is 95.6 Å². The number of sulfone groups is 1. The van der Waals surface area contributed by atoms with Crippen LogP contribution in [0.5, 0.6) is 0 Å². The van der Waals surface area contributed by atoms with Gasteiger partial charge < -0.3 is 10.5 Å². The molecule has 1 aliphatic rings. The van der Waals surface area contributed by atoms with E-state index in [1.807, 2.05) is 0 Å². The highest BCUT2D eigenvalue weighted by molar-refractivity contribution is 7.90. The summed E-state index contributed by atoms with van der Waals surface area (Å²) < 4.78 is 26.9. The predicted octanol–water partition coefficient (Wildman–Crippen LogP) is 0.0118. The second kappa shape index (κ2) is 5.45. The Kier molecular flexibility index (Phi) is 4.49. The van der Waals surface area contributed by atoms with Gasteiger partial charge in [-0.05, 0) is 19.3 Å². The van der Waals surface area contributed by atoms with E-state index in [9.17, 15) is 13.2 Å². The average molecular weight is 247 g/mol. The number of carbonyl (C=O) groups excluding carboxylic acids is 1. The average Bonchev–Trinajstić information content (AvgIpc) is 2.25. The van der Waals surface area contributed by atoms with Crippen molar-refractivity contribution in [1.29, 1.82) is 0 Å². The maximum Gasteiger partial charge on any atom is 0.178 e. The fraction of sp³-hybridized carbons (Fsp3) is 0.700. The lowest BCUT2D eigenvalue weighted by molar-refractivity contribution is -0.117. The third-order valence-electron chi connectivity index (χ3n) is 2.39. The second-order valence-corrected chi connectivity index (χ2v) is 6.27. The fourth-order valence-corrected chi connectivity index (χ4v) is 2.14. The Morgan fingerprint density at radius 3 is 2.81 bits per heavy atom. The van der Waals surface area contributed by atoms with Gasteiger partial charge in [0.05, 0.1) is 24.7 Å². The summed E-state index contributed by atoms with van der Waals surface area (Å²) in [4.78, 5) is 11.7. The number of ether oxygens (including phenoxy) is 1. The molecule has 1 atom stereocenters. The third kappa shape index (κ3) is 4.32. The molecule has 0 saturated carbocycles. The number of hydrogen-bond acceptors (Lipinski definition) is 5. The molecule has 92 valence electrons. The standard InChI is InChI=1S/C10H17NO4S/c1-16(13,14)6-4-9(11)10(12)8-3-2-5-15-7-8/h7,9H,2-6,11H2,1H3. The van der Waals surface area contributed by atoms with E-state index >= 15 is 0 Å². The van der Waals surface area contributed by atoms with Crippen molar-refractivity contribution in [1.82, 2.24) is 0 Å². The normalized spacial score (nSPS) is 18.5. The highest BCUT2D eigenvalue weighted by Crippen LogP contribution is 2.14. The maximum atomic E-state index is 11.7. The first kappa shape index (κ1) is 13.2. The van der Waals surface area contributed by atoms with E-state index in [0.717, 1.165) is 12.7 Å². The number of hydrogen-bond donors (Lipinski definition) is 1. The number of Topliss-reactive ketones (excluding diaryl/α,β-unsaturated/α-hetero) is 1. The molecule has 16 heavy (non-hydrogen) atoms. The molecule has 0 amide bonds. The Bertz CT molecular complexity index is 386. The van der Waals surface area contributed by atoms with Gasteiger partial charge in [-0.2, -0.15) is 0 Å². The molecular formula is C10H17NO4S. The second-order valence-electron chi connectivity index (χ2n) is 4.01. The highest BCUT2D eigenvalue weighted by atomic mass is 32.2. The van der Waals surface area contributed by atoms with Crippen LogP contribution >= 0.6 is 0 Å². The molecule has 5 nitrogen and oxygen atoms in total. The van der Waals surface area contributed by atoms with Crippen LogP contribution < -0.4 is 5.73 Å². The minimum Gasteiger partial charge on any atom is -0.501 e. The minimum absolute atomic E-state index is 0.0615. The Balaban J connectivity index is 2.50. The summed E-state index contributed by atoms with van der Waals surface area (Å²) in [6.07, 6.45) is 4.19. The first-order valence-corrected chi connectivity index (χ1v) is 7.24. The minimum atomic E-state index is -3.07. The van der Waals surface area contributed by atoms with Crippen LogP contribution in [0.3, 0.4) is 0 Å². The van der Waals surface area contributed by atoms with Gasteiger partial charge in [0, 0.05) is 11.8 Å². The molecule has 0 saturated heterocycles. The van der Waals surface area contributed by atoms with Gasteiger partial charge in [-0.15, -0.1) is 0 Å². The topological polar surface area (TPSA) is 86.5 Å². The molecule has 0 aromatic heterocycles. The van der Waals surface area contributed by atoms with E-state index in [4.69, 9.17) is 10.5 Å². The number of nitrogens with two attached hydrogens (primary N) is 1. The van der Waals surface area contributed by atoms with Crippen LogP contribution in [0.1, 0.15) is 19.3 Å². The van der Waals surface area contributed by atoms with Crippen LogP contribution in [0.25, 0.3) is 0 Å². The molecular weight excluding hydrogens is 230 g/mol. The van der Waals surface area contributed by atoms with Gasteiger partial charge in [0.1, 0.15) is 9.84 Å². The van der Waals surface area contributed by atoms with Crippen molar-refractivity contribution in [2.75, 3.05) is 18.6 Å². The third-order valence-corrected chi connectivity index (χ3v) is 3.36. The Hall–Kier alpha value is -0.880. The SMILES string of the molecule is CS(=O)(=O)CCC(N)C(=O)C1=COCCC1. The van der Waals surface area contributed by atoms with Crippen LogP contribution in [-0.2, 0) is 19.4 Å². The molecule has 1 aliphatic heterocycles. The number of rotatable bonds is 5. The van der Waals surface area contributed by atoms with E-state index < -0.39 is 15.9 Å². The van der Waals surface area contributed by atoms with Crippen molar-refractivity contribution in [3.63, 3.8) is 0 Å². The van der Waals surface area contributed by atoms with E-state index in [1.54, 1.807) is 0 Å². The van der Waals surface area contributed by atoms with Crippen LogP contribution in [-0.4, -0.2) is 38.9 Å². The molecule has 0 aliphatic carbocycles. The maximum absolute atomic E-state index is 11.7. The molecule has 0 aromatic carbocycles. The molecule has 1 unspecified atom stereocenters. The zero-order chi connectivity index (χ0) is 12.2. The monoisotopic (exact) mass is 247 g/mol. The molecule has 6 heteroatoms. The quantitative estimate of drug-likeness (QED) is 0.739. The van der Waals surface area contributed by atoms with Crippen molar-refractivity contribution in [2.45, 2.75) is 25.3 Å². The molecule has 2 N–H and O–H groups in total. The summed E-state index contributed by atoms with van der Waals surface area (Å²) in [6.45, 7) is 0.620. The summed E-state index contributed by atoms with van der Waals surface area (Å²) in [5, 5.41) is 0. The lowest BCUT2D eigenvalue weighted by atomic mass is 9.99. The van der Waals surface area contributed by atoms with Crippen LogP contribution in [0, 0.1) is 0 Å². The van der Waals surface area contributed by atoms with Gasteiger partial charge >= 0.3 is 0 Å². The van der Waals surface area contributed by atoms with Crippen molar-refractivity contribution in [3.8, 4) is 0 Å². The van der Waals surface area contributed by atoms with Crippen LogP contribution in [0.2, 0.25) is 0 Å². The number of carbonyl (C=O) groups is 1. The van der Waals surface area contributed by atoms with Crippen molar-refractivity contribution in [2.24, 2.45) is 5.73 Å². The summed E-state index contributed by atoms with van der Waals surface area (Å²) >= 11 is 0. The lowest BCUT2D eigenvalue weighted by Gasteiger charge is -2.16. The van der Waals surface area contributed by atoms with Gasteiger partial charge in [-0.25, -0.2) is 8.42 Å². The fourth-order valence-electron chi connectivity index (χ4n) is 1.46. The van der Waals surface area contributed by atoms with Crippen molar-refractivity contribution < 1.29 is 17.9 Å². The van der Waals surface area contributed by atoms with Crippen LogP contribution in [0.15, 0.2) is 11.8 Å². The molecule has 0 fully saturated rings. The first-order valence-electron chi connectivity index (χ1n) is 5.18. The summed E-state index contributed by atoms with van der Waals surface area (Å²) in [7, 11) is -3.07. The van der Waals surface area contributed by atoms with Gasteiger partial charge in [-0.1, -0.05) is 0 Å². The summed E-state index contributed by atoms with van der Waals surface area (Å²) in [5.74, 6) is -0.267. The molecule has 0 bridgehead atoms. The molecule has 1 heterocycles.